The highest BCUT2D eigenvalue weighted by Gasteiger charge is 2.15. The number of H-pyrrole nitrogens is 2. The van der Waals surface area contributed by atoms with Crippen LogP contribution in [0.5, 0.6) is 17.4 Å². The van der Waals surface area contributed by atoms with Crippen LogP contribution in [0.15, 0.2) is 32.3 Å². The lowest BCUT2D eigenvalue weighted by Gasteiger charge is -2.12. The Kier molecular flexibility index (Phi) is 5.52. The molecule has 0 radical (unpaired) electrons. The van der Waals surface area contributed by atoms with Gasteiger partial charge in [0.05, 0.1) is 10.0 Å². The third-order valence-corrected chi connectivity index (χ3v) is 4.03. The van der Waals surface area contributed by atoms with Crippen LogP contribution >= 0.6 is 23.2 Å². The maximum atomic E-state index is 11.8. The summed E-state index contributed by atoms with van der Waals surface area (Å²) in [5, 5.41) is 10.0. The van der Waals surface area contributed by atoms with Crippen LogP contribution in [0.1, 0.15) is 31.2 Å². The summed E-state index contributed by atoms with van der Waals surface area (Å²) < 4.78 is 15.5. The molecule has 0 aliphatic carbocycles. The third kappa shape index (κ3) is 4.50. The van der Waals surface area contributed by atoms with Crippen molar-refractivity contribution in [3.63, 3.8) is 0 Å². The number of halogens is 2. The quantitative estimate of drug-likeness (QED) is 0.636. The fourth-order valence-electron chi connectivity index (χ4n) is 2.18. The van der Waals surface area contributed by atoms with E-state index in [-0.39, 0.29) is 45.6 Å². The van der Waals surface area contributed by atoms with E-state index < -0.39 is 5.76 Å². The van der Waals surface area contributed by atoms with Gasteiger partial charge in [0.15, 0.2) is 11.6 Å². The third-order valence-electron chi connectivity index (χ3n) is 3.47. The maximum absolute atomic E-state index is 11.8. The Morgan fingerprint density at radius 2 is 1.89 bits per heavy atom. The molecule has 11 heteroatoms. The normalized spacial score (nSPS) is 11.0. The van der Waals surface area contributed by atoms with Crippen molar-refractivity contribution < 1.29 is 14.0 Å². The summed E-state index contributed by atoms with van der Waals surface area (Å²) >= 11 is 12.4. The predicted octanol–water partition coefficient (Wildman–Crippen LogP) is 3.25. The summed E-state index contributed by atoms with van der Waals surface area (Å²) in [6.45, 7) is 3.71. The lowest BCUT2D eigenvalue weighted by atomic mass is 10.1. The zero-order chi connectivity index (χ0) is 19.6. The molecule has 2 N–H and O–H groups in total. The molecule has 0 atom stereocenters. The van der Waals surface area contributed by atoms with E-state index in [4.69, 9.17) is 32.7 Å². The van der Waals surface area contributed by atoms with Crippen molar-refractivity contribution in [1.29, 1.82) is 0 Å². The number of nitrogens with one attached hydrogen (secondary N) is 2. The average Bonchev–Trinajstić information content (AvgIpc) is 3.03. The Balaban J connectivity index is 1.79. The molecule has 0 amide bonds. The van der Waals surface area contributed by atoms with Crippen LogP contribution in [0.4, 0.5) is 0 Å². The van der Waals surface area contributed by atoms with Crippen molar-refractivity contribution >= 4 is 23.2 Å². The molecule has 2 aromatic heterocycles. The zero-order valence-corrected chi connectivity index (χ0v) is 15.7. The summed E-state index contributed by atoms with van der Waals surface area (Å²) in [5.74, 6) is 0.168. The molecule has 0 aliphatic rings. The monoisotopic (exact) mass is 412 g/mol. The second kappa shape index (κ2) is 7.85. The number of rotatable bonds is 6. The number of aromatic amines is 2. The second-order valence-corrected chi connectivity index (χ2v) is 6.61. The van der Waals surface area contributed by atoms with Gasteiger partial charge in [0.1, 0.15) is 12.4 Å². The zero-order valence-electron chi connectivity index (χ0n) is 14.2. The van der Waals surface area contributed by atoms with Crippen molar-refractivity contribution in [3.05, 3.63) is 60.5 Å². The number of nitrogens with zero attached hydrogens (tertiary/aromatic N) is 2. The molecule has 2 heterocycles. The van der Waals surface area contributed by atoms with Gasteiger partial charge in [-0.15, -0.1) is 5.10 Å². The molecule has 0 fully saturated rings. The highest BCUT2D eigenvalue weighted by molar-refractivity contribution is 6.37. The van der Waals surface area contributed by atoms with Crippen molar-refractivity contribution in [3.8, 4) is 17.4 Å². The molecule has 3 aromatic rings. The molecule has 0 saturated heterocycles. The highest BCUT2D eigenvalue weighted by Crippen LogP contribution is 2.39. The van der Waals surface area contributed by atoms with E-state index in [9.17, 15) is 9.59 Å². The van der Waals surface area contributed by atoms with Crippen molar-refractivity contribution in [2.75, 3.05) is 0 Å². The van der Waals surface area contributed by atoms with Gasteiger partial charge in [-0.25, -0.2) is 9.89 Å². The summed E-state index contributed by atoms with van der Waals surface area (Å²) in [6, 6.07) is 4.49. The van der Waals surface area contributed by atoms with E-state index in [2.05, 4.69) is 24.9 Å². The molecule has 27 heavy (non-hydrogen) atoms. The number of benzene rings is 1. The lowest BCUT2D eigenvalue weighted by molar-refractivity contribution is 0.285. The Morgan fingerprint density at radius 1 is 1.19 bits per heavy atom. The number of hydrogen-bond donors (Lipinski definition) is 2. The molecule has 0 spiro atoms. The Morgan fingerprint density at radius 3 is 2.48 bits per heavy atom. The van der Waals surface area contributed by atoms with E-state index in [1.54, 1.807) is 0 Å². The van der Waals surface area contributed by atoms with Gasteiger partial charge >= 0.3 is 5.76 Å². The van der Waals surface area contributed by atoms with Crippen LogP contribution in [-0.2, 0) is 6.61 Å². The van der Waals surface area contributed by atoms with Crippen LogP contribution in [0.2, 0.25) is 10.0 Å². The van der Waals surface area contributed by atoms with Gasteiger partial charge < -0.3 is 9.47 Å². The minimum Gasteiger partial charge on any atom is -0.485 e. The highest BCUT2D eigenvalue weighted by atomic mass is 35.5. The first-order valence-electron chi connectivity index (χ1n) is 7.77. The average molecular weight is 413 g/mol. The van der Waals surface area contributed by atoms with Gasteiger partial charge in [0.25, 0.3) is 5.56 Å². The molecular weight excluding hydrogens is 399 g/mol. The minimum absolute atomic E-state index is 0.0104. The van der Waals surface area contributed by atoms with E-state index in [0.717, 1.165) is 0 Å². The van der Waals surface area contributed by atoms with E-state index in [0.29, 0.717) is 11.3 Å². The van der Waals surface area contributed by atoms with Crippen LogP contribution in [0.3, 0.4) is 0 Å². The first-order chi connectivity index (χ1) is 12.8. The fraction of sp³-hybridized carbons (Fsp3) is 0.250. The number of ether oxygens (including phenoxy) is 2. The molecule has 0 aliphatic heterocycles. The van der Waals surface area contributed by atoms with Gasteiger partial charge in [-0.1, -0.05) is 42.2 Å². The van der Waals surface area contributed by atoms with E-state index in [1.807, 2.05) is 13.8 Å². The van der Waals surface area contributed by atoms with E-state index in [1.165, 1.54) is 18.2 Å². The lowest BCUT2D eigenvalue weighted by Crippen LogP contribution is -2.15. The Hall–Kier alpha value is -2.78. The summed E-state index contributed by atoms with van der Waals surface area (Å²) in [5.41, 5.74) is 0.234. The molecule has 0 saturated carbocycles. The molecule has 9 nitrogen and oxygen atoms in total. The number of hydrogen-bond acceptors (Lipinski definition) is 7. The van der Waals surface area contributed by atoms with Crippen molar-refractivity contribution in [2.24, 2.45) is 0 Å². The van der Waals surface area contributed by atoms with Crippen molar-refractivity contribution in [1.82, 2.24) is 20.3 Å². The van der Waals surface area contributed by atoms with Gasteiger partial charge in [-0.05, 0) is 5.92 Å². The largest absolute Gasteiger partial charge is 0.485 e. The van der Waals surface area contributed by atoms with Gasteiger partial charge in [-0.3, -0.25) is 14.3 Å². The van der Waals surface area contributed by atoms with Gasteiger partial charge in [-0.2, -0.15) is 0 Å². The van der Waals surface area contributed by atoms with Gasteiger partial charge in [0.2, 0.25) is 5.88 Å². The standard InChI is InChI=1S/C16H14Cl2N4O5/c1-7(2)9-5-13(20-21-15(9)23)26-14-10(17)3-8(4-11(14)18)25-6-12-19-16(24)27-22-12/h3-5,7H,6H2,1-2H3,(H,21,23)(H,19,22,24). The van der Waals surface area contributed by atoms with Crippen LogP contribution in [-0.4, -0.2) is 20.3 Å². The Bertz CT molecular complexity index is 1050. The number of aromatic nitrogens is 4. The first-order valence-corrected chi connectivity index (χ1v) is 8.53. The molecular formula is C16H14Cl2N4O5. The summed E-state index contributed by atoms with van der Waals surface area (Å²) in [4.78, 5) is 25.0. The molecule has 3 rings (SSSR count). The first kappa shape index (κ1) is 19.0. The van der Waals surface area contributed by atoms with Crippen LogP contribution < -0.4 is 20.8 Å². The van der Waals surface area contributed by atoms with Gasteiger partial charge in [0, 0.05) is 23.8 Å². The van der Waals surface area contributed by atoms with Crippen LogP contribution in [0, 0.1) is 0 Å². The maximum Gasteiger partial charge on any atom is 0.439 e. The minimum atomic E-state index is -0.678. The summed E-state index contributed by atoms with van der Waals surface area (Å²) in [6.07, 6.45) is 0. The predicted molar refractivity (Wildman–Crippen MR) is 96.9 cm³/mol. The summed E-state index contributed by atoms with van der Waals surface area (Å²) in [7, 11) is 0. The molecule has 142 valence electrons. The van der Waals surface area contributed by atoms with Crippen LogP contribution in [0.25, 0.3) is 0 Å². The smallest absolute Gasteiger partial charge is 0.439 e. The Labute approximate surface area is 162 Å². The molecule has 0 unspecified atom stereocenters. The molecule has 0 bridgehead atoms. The topological polar surface area (TPSA) is 123 Å². The fourth-order valence-corrected chi connectivity index (χ4v) is 2.72. The van der Waals surface area contributed by atoms with Crippen molar-refractivity contribution in [2.45, 2.75) is 26.4 Å². The second-order valence-electron chi connectivity index (χ2n) is 5.79. The SMILES string of the molecule is CC(C)c1cc(Oc2c(Cl)cc(OCc3noc(=O)[nH]3)cc2Cl)n[nH]c1=O. The molecule has 1 aromatic carbocycles. The van der Waals surface area contributed by atoms with E-state index >= 15 is 0 Å².